The van der Waals surface area contributed by atoms with Crippen molar-refractivity contribution in [2.45, 2.75) is 44.2 Å². The molecule has 2 heteroatoms. The van der Waals surface area contributed by atoms with Gasteiger partial charge >= 0.3 is 0 Å². The maximum Gasteiger partial charge on any atom is 0.0583 e. The van der Waals surface area contributed by atoms with Gasteiger partial charge in [-0.3, -0.25) is 0 Å². The third kappa shape index (κ3) is 2.28. The first-order valence-electron chi connectivity index (χ1n) is 6.05. The number of rotatable bonds is 4. The van der Waals surface area contributed by atoms with E-state index in [1.165, 1.54) is 17.5 Å². The summed E-state index contributed by atoms with van der Waals surface area (Å²) in [5.74, 6) is 0. The van der Waals surface area contributed by atoms with Crippen LogP contribution in [0.4, 0.5) is 0 Å². The Morgan fingerprint density at radius 1 is 1.44 bits per heavy atom. The molecule has 0 amide bonds. The summed E-state index contributed by atoms with van der Waals surface area (Å²) in [7, 11) is 1.75. The van der Waals surface area contributed by atoms with Crippen LogP contribution in [0, 0.1) is 0 Å². The zero-order valence-corrected chi connectivity index (χ0v) is 10.2. The first kappa shape index (κ1) is 11.6. The van der Waals surface area contributed by atoms with Gasteiger partial charge in [0.25, 0.3) is 0 Å². The average molecular weight is 219 g/mol. The number of methoxy groups -OCH3 is 1. The van der Waals surface area contributed by atoms with Gasteiger partial charge in [-0.1, -0.05) is 24.3 Å². The van der Waals surface area contributed by atoms with E-state index >= 15 is 0 Å². The van der Waals surface area contributed by atoms with Crippen LogP contribution in [0.2, 0.25) is 0 Å². The Morgan fingerprint density at radius 2 is 2.19 bits per heavy atom. The highest BCUT2D eigenvalue weighted by atomic mass is 16.5. The molecular formula is C14H21NO. The third-order valence-electron chi connectivity index (χ3n) is 3.67. The van der Waals surface area contributed by atoms with E-state index in [-0.39, 0.29) is 11.6 Å². The highest BCUT2D eigenvalue weighted by Crippen LogP contribution is 2.38. The standard InChI is InChI=1S/C14H21NO/c1-11(16-2)9-12-5-3-6-13(10-12)14(15)7-4-8-14/h3,5-6,10-11H,4,7-9,15H2,1-2H3. The highest BCUT2D eigenvalue weighted by Gasteiger charge is 2.34. The van der Waals surface area contributed by atoms with Crippen molar-refractivity contribution in [2.24, 2.45) is 5.73 Å². The van der Waals surface area contributed by atoms with E-state index in [0.29, 0.717) is 0 Å². The monoisotopic (exact) mass is 219 g/mol. The van der Waals surface area contributed by atoms with E-state index in [1.54, 1.807) is 7.11 Å². The molecule has 1 atom stereocenters. The second kappa shape index (κ2) is 4.56. The summed E-state index contributed by atoms with van der Waals surface area (Å²) in [6, 6.07) is 8.66. The summed E-state index contributed by atoms with van der Waals surface area (Å²) >= 11 is 0. The lowest BCUT2D eigenvalue weighted by Crippen LogP contribution is -2.43. The highest BCUT2D eigenvalue weighted by molar-refractivity contribution is 5.31. The molecule has 1 aliphatic carbocycles. The summed E-state index contributed by atoms with van der Waals surface area (Å²) in [6.07, 6.45) is 4.73. The van der Waals surface area contributed by atoms with Crippen molar-refractivity contribution >= 4 is 0 Å². The molecule has 16 heavy (non-hydrogen) atoms. The SMILES string of the molecule is COC(C)Cc1cccc(C2(N)CCC2)c1. The molecule has 0 aliphatic heterocycles. The number of hydrogen-bond donors (Lipinski definition) is 1. The van der Waals surface area contributed by atoms with Crippen LogP contribution in [0.1, 0.15) is 37.3 Å². The fourth-order valence-corrected chi connectivity index (χ4v) is 2.27. The normalized spacial score (nSPS) is 20.2. The van der Waals surface area contributed by atoms with Crippen LogP contribution in [0.25, 0.3) is 0 Å². The first-order chi connectivity index (χ1) is 7.64. The first-order valence-corrected chi connectivity index (χ1v) is 6.05. The Morgan fingerprint density at radius 3 is 2.75 bits per heavy atom. The second-order valence-electron chi connectivity index (χ2n) is 4.96. The fourth-order valence-electron chi connectivity index (χ4n) is 2.27. The molecule has 0 radical (unpaired) electrons. The summed E-state index contributed by atoms with van der Waals surface area (Å²) in [5.41, 5.74) is 8.89. The molecule has 0 bridgehead atoms. The summed E-state index contributed by atoms with van der Waals surface area (Å²) in [4.78, 5) is 0. The van der Waals surface area contributed by atoms with E-state index in [1.807, 2.05) is 0 Å². The quantitative estimate of drug-likeness (QED) is 0.844. The predicted molar refractivity (Wildman–Crippen MR) is 66.3 cm³/mol. The van der Waals surface area contributed by atoms with E-state index in [4.69, 9.17) is 10.5 Å². The lowest BCUT2D eigenvalue weighted by Gasteiger charge is -2.38. The van der Waals surface area contributed by atoms with Crippen molar-refractivity contribution in [3.8, 4) is 0 Å². The smallest absolute Gasteiger partial charge is 0.0583 e. The van der Waals surface area contributed by atoms with Gasteiger partial charge in [0.05, 0.1) is 6.10 Å². The van der Waals surface area contributed by atoms with Gasteiger partial charge in [-0.25, -0.2) is 0 Å². The van der Waals surface area contributed by atoms with Gasteiger partial charge in [0.15, 0.2) is 0 Å². The third-order valence-corrected chi connectivity index (χ3v) is 3.67. The van der Waals surface area contributed by atoms with Gasteiger partial charge in [-0.2, -0.15) is 0 Å². The van der Waals surface area contributed by atoms with E-state index < -0.39 is 0 Å². The Kier molecular flexibility index (Phi) is 3.31. The molecule has 1 saturated carbocycles. The molecule has 0 heterocycles. The maximum absolute atomic E-state index is 6.33. The van der Waals surface area contributed by atoms with Gasteiger partial charge in [-0.05, 0) is 43.7 Å². The van der Waals surface area contributed by atoms with Crippen LogP contribution < -0.4 is 5.73 Å². The molecule has 1 aromatic carbocycles. The number of benzene rings is 1. The van der Waals surface area contributed by atoms with Crippen LogP contribution in [0.3, 0.4) is 0 Å². The van der Waals surface area contributed by atoms with Crippen molar-refractivity contribution in [3.63, 3.8) is 0 Å². The van der Waals surface area contributed by atoms with E-state index in [2.05, 4.69) is 31.2 Å². The van der Waals surface area contributed by atoms with Crippen molar-refractivity contribution in [1.29, 1.82) is 0 Å². The molecular weight excluding hydrogens is 198 g/mol. The van der Waals surface area contributed by atoms with Crippen molar-refractivity contribution < 1.29 is 4.74 Å². The Labute approximate surface area is 97.8 Å². The molecule has 88 valence electrons. The van der Waals surface area contributed by atoms with Gasteiger partial charge in [0.2, 0.25) is 0 Å². The zero-order chi connectivity index (χ0) is 11.6. The molecule has 1 unspecified atom stereocenters. The number of nitrogens with two attached hydrogens (primary N) is 1. The Hall–Kier alpha value is -0.860. The van der Waals surface area contributed by atoms with Gasteiger partial charge in [0.1, 0.15) is 0 Å². The minimum atomic E-state index is -0.0493. The zero-order valence-electron chi connectivity index (χ0n) is 10.2. The topological polar surface area (TPSA) is 35.2 Å². The minimum absolute atomic E-state index is 0.0493. The maximum atomic E-state index is 6.33. The summed E-state index contributed by atoms with van der Waals surface area (Å²) in [5, 5.41) is 0. The van der Waals surface area contributed by atoms with Gasteiger partial charge in [-0.15, -0.1) is 0 Å². The molecule has 1 aliphatic rings. The van der Waals surface area contributed by atoms with E-state index in [9.17, 15) is 0 Å². The largest absolute Gasteiger partial charge is 0.381 e. The molecule has 1 aromatic rings. The van der Waals surface area contributed by atoms with Crippen LogP contribution in [-0.4, -0.2) is 13.2 Å². The van der Waals surface area contributed by atoms with Crippen LogP contribution in [-0.2, 0) is 16.7 Å². The Balaban J connectivity index is 2.13. The lowest BCUT2D eigenvalue weighted by atomic mass is 9.72. The van der Waals surface area contributed by atoms with Gasteiger partial charge < -0.3 is 10.5 Å². The minimum Gasteiger partial charge on any atom is -0.381 e. The van der Waals surface area contributed by atoms with Crippen molar-refractivity contribution in [3.05, 3.63) is 35.4 Å². The van der Waals surface area contributed by atoms with E-state index in [0.717, 1.165) is 19.3 Å². The van der Waals surface area contributed by atoms with Crippen LogP contribution >= 0.6 is 0 Å². The average Bonchev–Trinajstić information content (AvgIpc) is 2.26. The van der Waals surface area contributed by atoms with Crippen molar-refractivity contribution in [2.75, 3.05) is 7.11 Å². The van der Waals surface area contributed by atoms with Crippen molar-refractivity contribution in [1.82, 2.24) is 0 Å². The molecule has 0 saturated heterocycles. The van der Waals surface area contributed by atoms with Crippen LogP contribution in [0.15, 0.2) is 24.3 Å². The fraction of sp³-hybridized carbons (Fsp3) is 0.571. The van der Waals surface area contributed by atoms with Crippen LogP contribution in [0.5, 0.6) is 0 Å². The Bertz CT molecular complexity index is 358. The summed E-state index contributed by atoms with van der Waals surface area (Å²) in [6.45, 7) is 2.09. The number of hydrogen-bond acceptors (Lipinski definition) is 2. The molecule has 0 spiro atoms. The molecule has 2 N–H and O–H groups in total. The molecule has 2 nitrogen and oxygen atoms in total. The second-order valence-corrected chi connectivity index (χ2v) is 4.96. The van der Waals surface area contributed by atoms with Gasteiger partial charge in [0, 0.05) is 12.6 Å². The number of ether oxygens (including phenoxy) is 1. The predicted octanol–water partition coefficient (Wildman–Crippen LogP) is 2.60. The summed E-state index contributed by atoms with van der Waals surface area (Å²) < 4.78 is 5.29. The molecule has 0 aromatic heterocycles. The lowest BCUT2D eigenvalue weighted by molar-refractivity contribution is 0.118. The molecule has 2 rings (SSSR count). The molecule has 1 fully saturated rings.